The van der Waals surface area contributed by atoms with E-state index >= 15 is 0 Å². The summed E-state index contributed by atoms with van der Waals surface area (Å²) in [5.74, 6) is -7.60. The van der Waals surface area contributed by atoms with Crippen molar-refractivity contribution in [1.29, 1.82) is 0 Å². The van der Waals surface area contributed by atoms with Crippen LogP contribution in [0.15, 0.2) is 6.07 Å². The van der Waals surface area contributed by atoms with Crippen molar-refractivity contribution < 1.29 is 27.1 Å². The summed E-state index contributed by atoms with van der Waals surface area (Å²) in [5, 5.41) is 2.48. The SMILES string of the molecule is CC[C@H](NC(=O)c1c(F)c(F)cc(F)c1F)C1CCOCC1. The summed E-state index contributed by atoms with van der Waals surface area (Å²) in [5.41, 5.74) is -1.22. The Labute approximate surface area is 125 Å². The standard InChI is InChI=1S/C15H17F4NO2/c1-2-11(8-3-5-22-6-4-8)20-15(21)12-13(18)9(16)7-10(17)14(12)19/h7-8,11H,2-6H2,1H3,(H,20,21)/t11-/m0/s1. The van der Waals surface area contributed by atoms with Crippen LogP contribution in [0.5, 0.6) is 0 Å². The van der Waals surface area contributed by atoms with E-state index < -0.39 is 34.7 Å². The monoisotopic (exact) mass is 319 g/mol. The predicted molar refractivity (Wildman–Crippen MR) is 71.4 cm³/mol. The molecule has 0 aliphatic carbocycles. The average Bonchev–Trinajstić information content (AvgIpc) is 2.52. The summed E-state index contributed by atoms with van der Waals surface area (Å²) in [6.45, 7) is 2.92. The Bertz CT molecular complexity index is 533. The molecule has 122 valence electrons. The van der Waals surface area contributed by atoms with Crippen molar-refractivity contribution in [2.45, 2.75) is 32.2 Å². The number of amides is 1. The molecular formula is C15H17F4NO2. The minimum absolute atomic E-state index is 0.0806. The van der Waals surface area contributed by atoms with Crippen molar-refractivity contribution in [2.75, 3.05) is 13.2 Å². The number of ether oxygens (including phenoxy) is 1. The second kappa shape index (κ2) is 7.09. The predicted octanol–water partition coefficient (Wildman–Crippen LogP) is 3.18. The molecule has 1 heterocycles. The molecule has 1 saturated heterocycles. The Hall–Kier alpha value is -1.63. The van der Waals surface area contributed by atoms with E-state index in [0.717, 1.165) is 0 Å². The van der Waals surface area contributed by atoms with Gasteiger partial charge in [0, 0.05) is 25.3 Å². The van der Waals surface area contributed by atoms with Crippen LogP contribution in [-0.2, 0) is 4.74 Å². The summed E-state index contributed by atoms with van der Waals surface area (Å²) in [4.78, 5) is 12.0. The molecule has 1 aromatic rings. The first kappa shape index (κ1) is 16.7. The molecule has 1 N–H and O–H groups in total. The fourth-order valence-corrected chi connectivity index (χ4v) is 2.68. The smallest absolute Gasteiger partial charge is 0.257 e. The van der Waals surface area contributed by atoms with Gasteiger partial charge in [-0.05, 0) is 25.2 Å². The molecule has 0 aromatic heterocycles. The molecule has 1 fully saturated rings. The van der Waals surface area contributed by atoms with Crippen LogP contribution < -0.4 is 5.32 Å². The molecule has 1 aliphatic heterocycles. The topological polar surface area (TPSA) is 38.3 Å². The minimum Gasteiger partial charge on any atom is -0.381 e. The van der Waals surface area contributed by atoms with E-state index in [2.05, 4.69) is 5.32 Å². The zero-order valence-corrected chi connectivity index (χ0v) is 12.1. The Morgan fingerprint density at radius 1 is 1.23 bits per heavy atom. The molecule has 22 heavy (non-hydrogen) atoms. The van der Waals surface area contributed by atoms with E-state index in [1.165, 1.54) is 0 Å². The molecule has 0 spiro atoms. The number of carbonyl (C=O) groups is 1. The lowest BCUT2D eigenvalue weighted by molar-refractivity contribution is 0.0509. The van der Waals surface area contributed by atoms with Crippen LogP contribution in [0, 0.1) is 29.2 Å². The summed E-state index contributed by atoms with van der Waals surface area (Å²) in [6, 6.07) is -0.251. The first-order chi connectivity index (χ1) is 10.5. The van der Waals surface area contributed by atoms with Gasteiger partial charge in [0.2, 0.25) is 0 Å². The molecule has 0 bridgehead atoms. The molecule has 7 heteroatoms. The third-order valence-electron chi connectivity index (χ3n) is 3.93. The van der Waals surface area contributed by atoms with E-state index in [1.807, 2.05) is 6.92 Å². The number of nitrogens with one attached hydrogen (secondary N) is 1. The Balaban J connectivity index is 2.20. The average molecular weight is 319 g/mol. The fourth-order valence-electron chi connectivity index (χ4n) is 2.68. The fraction of sp³-hybridized carbons (Fsp3) is 0.533. The highest BCUT2D eigenvalue weighted by molar-refractivity contribution is 5.95. The van der Waals surface area contributed by atoms with Crippen molar-refractivity contribution in [3.05, 3.63) is 34.9 Å². The van der Waals surface area contributed by atoms with Gasteiger partial charge in [0.15, 0.2) is 23.3 Å². The van der Waals surface area contributed by atoms with Crippen molar-refractivity contribution in [3.63, 3.8) is 0 Å². The molecule has 1 aliphatic rings. The molecule has 1 aromatic carbocycles. The van der Waals surface area contributed by atoms with Crippen LogP contribution >= 0.6 is 0 Å². The van der Waals surface area contributed by atoms with Crippen molar-refractivity contribution in [2.24, 2.45) is 5.92 Å². The molecule has 2 rings (SSSR count). The lowest BCUT2D eigenvalue weighted by Crippen LogP contribution is -2.42. The van der Waals surface area contributed by atoms with E-state index in [-0.39, 0.29) is 18.0 Å². The molecule has 0 saturated carbocycles. The minimum atomic E-state index is -1.68. The van der Waals surface area contributed by atoms with Gasteiger partial charge in [-0.2, -0.15) is 0 Å². The van der Waals surface area contributed by atoms with Crippen LogP contribution in [0.25, 0.3) is 0 Å². The largest absolute Gasteiger partial charge is 0.381 e. The lowest BCUT2D eigenvalue weighted by Gasteiger charge is -2.30. The number of benzene rings is 1. The second-order valence-corrected chi connectivity index (χ2v) is 5.28. The molecule has 0 unspecified atom stereocenters. The van der Waals surface area contributed by atoms with Crippen molar-refractivity contribution in [1.82, 2.24) is 5.32 Å². The maximum absolute atomic E-state index is 13.6. The molecule has 1 amide bonds. The first-order valence-electron chi connectivity index (χ1n) is 7.17. The Kier molecular flexibility index (Phi) is 5.39. The van der Waals surface area contributed by atoms with Gasteiger partial charge in [0.1, 0.15) is 5.56 Å². The van der Waals surface area contributed by atoms with Gasteiger partial charge >= 0.3 is 0 Å². The number of hydrogen-bond donors (Lipinski definition) is 1. The Morgan fingerprint density at radius 3 is 2.27 bits per heavy atom. The van der Waals surface area contributed by atoms with E-state index in [4.69, 9.17) is 4.74 Å². The van der Waals surface area contributed by atoms with Gasteiger partial charge in [-0.1, -0.05) is 6.92 Å². The summed E-state index contributed by atoms with van der Waals surface area (Å²) >= 11 is 0. The number of rotatable bonds is 4. The van der Waals surface area contributed by atoms with Gasteiger partial charge in [-0.25, -0.2) is 17.6 Å². The highest BCUT2D eigenvalue weighted by Crippen LogP contribution is 2.23. The summed E-state index contributed by atoms with van der Waals surface area (Å²) in [7, 11) is 0. The second-order valence-electron chi connectivity index (χ2n) is 5.28. The zero-order chi connectivity index (χ0) is 16.3. The highest BCUT2D eigenvalue weighted by Gasteiger charge is 2.29. The van der Waals surface area contributed by atoms with Crippen molar-refractivity contribution in [3.8, 4) is 0 Å². The molecule has 0 radical (unpaired) electrons. The van der Waals surface area contributed by atoms with Gasteiger partial charge in [0.05, 0.1) is 0 Å². The number of halogens is 4. The molecular weight excluding hydrogens is 302 g/mol. The van der Waals surface area contributed by atoms with Gasteiger partial charge in [-0.3, -0.25) is 4.79 Å². The van der Waals surface area contributed by atoms with Crippen LogP contribution in [-0.4, -0.2) is 25.2 Å². The third-order valence-corrected chi connectivity index (χ3v) is 3.93. The van der Waals surface area contributed by atoms with Gasteiger partial charge in [0.25, 0.3) is 5.91 Å². The summed E-state index contributed by atoms with van der Waals surface area (Å²) in [6.07, 6.45) is 1.96. The Morgan fingerprint density at radius 2 is 1.77 bits per heavy atom. The van der Waals surface area contributed by atoms with E-state index in [1.54, 1.807) is 0 Å². The highest BCUT2D eigenvalue weighted by atomic mass is 19.2. The van der Waals surface area contributed by atoms with Crippen molar-refractivity contribution >= 4 is 5.91 Å². The van der Waals surface area contributed by atoms with Gasteiger partial charge in [-0.15, -0.1) is 0 Å². The number of carbonyl (C=O) groups excluding carboxylic acids is 1. The van der Waals surface area contributed by atoms with Gasteiger partial charge < -0.3 is 10.1 Å². The van der Waals surface area contributed by atoms with Crippen LogP contribution in [0.3, 0.4) is 0 Å². The van der Waals surface area contributed by atoms with E-state index in [9.17, 15) is 22.4 Å². The third kappa shape index (κ3) is 3.40. The van der Waals surface area contributed by atoms with Crippen LogP contribution in [0.4, 0.5) is 17.6 Å². The maximum Gasteiger partial charge on any atom is 0.257 e. The van der Waals surface area contributed by atoms with Crippen LogP contribution in [0.2, 0.25) is 0 Å². The quantitative estimate of drug-likeness (QED) is 0.684. The molecule has 1 atom stereocenters. The lowest BCUT2D eigenvalue weighted by atomic mass is 9.90. The van der Waals surface area contributed by atoms with E-state index in [0.29, 0.717) is 32.5 Å². The normalized spacial score (nSPS) is 17.3. The maximum atomic E-state index is 13.6. The summed E-state index contributed by atoms with van der Waals surface area (Å²) < 4.78 is 58.8. The molecule has 3 nitrogen and oxygen atoms in total. The first-order valence-corrected chi connectivity index (χ1v) is 7.17. The zero-order valence-electron chi connectivity index (χ0n) is 12.1. The van der Waals surface area contributed by atoms with Crippen LogP contribution in [0.1, 0.15) is 36.5 Å². The number of hydrogen-bond acceptors (Lipinski definition) is 2.